The summed E-state index contributed by atoms with van der Waals surface area (Å²) in [6.07, 6.45) is -4.64. The van der Waals surface area contributed by atoms with Crippen molar-refractivity contribution in [1.82, 2.24) is 5.43 Å². The second-order valence-electron chi connectivity index (χ2n) is 11.0. The van der Waals surface area contributed by atoms with Gasteiger partial charge in [0.2, 0.25) is 5.78 Å². The molecular weight excluding hydrogens is 602 g/mol. The number of methoxy groups -OCH3 is 1. The number of fused-ring (bicyclic) bond motifs is 3. The highest BCUT2D eigenvalue weighted by Crippen LogP contribution is 2.52. The van der Waals surface area contributed by atoms with Crippen molar-refractivity contribution in [1.29, 1.82) is 0 Å². The number of nitrogens with zero attached hydrogens (tertiary/aromatic N) is 1. The molecule has 1 heterocycles. The van der Waals surface area contributed by atoms with Crippen LogP contribution in [0.2, 0.25) is 0 Å². The number of hydrazone groups is 1. The Morgan fingerprint density at radius 2 is 1.86 bits per heavy atom. The summed E-state index contributed by atoms with van der Waals surface area (Å²) in [4.78, 5) is 39.1. The Labute approximate surface area is 257 Å². The number of aliphatic hydroxyl groups is 3. The molecule has 5 rings (SSSR count). The van der Waals surface area contributed by atoms with Crippen LogP contribution in [0.25, 0.3) is 0 Å². The Balaban J connectivity index is 0.00000442. The quantitative estimate of drug-likeness (QED) is 0.110. The Kier molecular flexibility index (Phi) is 9.38. The maximum absolute atomic E-state index is 13.8. The zero-order chi connectivity index (χ0) is 31.4. The van der Waals surface area contributed by atoms with Gasteiger partial charge in [-0.3, -0.25) is 14.4 Å². The van der Waals surface area contributed by atoms with Crippen molar-refractivity contribution >= 4 is 35.6 Å². The van der Waals surface area contributed by atoms with Crippen LogP contribution >= 0.6 is 12.4 Å². The molecule has 238 valence electrons. The maximum Gasteiger partial charge on any atom is 0.265 e. The average Bonchev–Trinajstić information content (AvgIpc) is 2.98. The minimum absolute atomic E-state index is 0. The summed E-state index contributed by atoms with van der Waals surface area (Å²) in [6.45, 7) is 2.15. The van der Waals surface area contributed by atoms with Crippen molar-refractivity contribution in [2.75, 3.05) is 13.7 Å². The lowest BCUT2D eigenvalue weighted by Crippen LogP contribution is -2.52. The maximum atomic E-state index is 13.8. The van der Waals surface area contributed by atoms with Crippen LogP contribution in [-0.2, 0) is 20.7 Å². The number of aliphatic hydroxyl groups excluding tert-OH is 2. The summed E-state index contributed by atoms with van der Waals surface area (Å²) in [7, 11) is 1.33. The highest BCUT2D eigenvalue weighted by Gasteiger charge is 2.49. The molecule has 15 heteroatoms. The monoisotopic (exact) mass is 635 g/mol. The number of benzene rings is 2. The highest BCUT2D eigenvalue weighted by molar-refractivity contribution is 6.31. The number of amides is 1. The van der Waals surface area contributed by atoms with Crippen LogP contribution in [0.1, 0.15) is 75.8 Å². The number of nitrogens with one attached hydrogen (secondary N) is 1. The van der Waals surface area contributed by atoms with Gasteiger partial charge in [0, 0.05) is 42.0 Å². The van der Waals surface area contributed by atoms with Gasteiger partial charge in [-0.2, -0.15) is 5.10 Å². The molecule has 0 saturated carbocycles. The van der Waals surface area contributed by atoms with E-state index in [1.807, 2.05) is 0 Å². The number of halogens is 1. The molecule has 0 bridgehead atoms. The number of nitrogens with two attached hydrogens (primary N) is 1. The summed E-state index contributed by atoms with van der Waals surface area (Å²) < 4.78 is 17.3. The van der Waals surface area contributed by atoms with Crippen molar-refractivity contribution in [3.05, 3.63) is 51.6 Å². The molecule has 0 aromatic heterocycles. The molecule has 14 nitrogen and oxygen atoms in total. The molecule has 0 radical (unpaired) electrons. The van der Waals surface area contributed by atoms with Crippen molar-refractivity contribution in [3.63, 3.8) is 0 Å². The van der Waals surface area contributed by atoms with E-state index in [1.54, 1.807) is 6.92 Å². The number of aromatic hydroxyl groups is 2. The largest absolute Gasteiger partial charge is 0.507 e. The Morgan fingerprint density at radius 3 is 2.50 bits per heavy atom. The molecule has 0 spiro atoms. The number of hydrogen-bond acceptors (Lipinski definition) is 13. The number of carbonyl (C=O) groups excluding carboxylic acids is 3. The summed E-state index contributed by atoms with van der Waals surface area (Å²) in [5.74, 6) is -3.49. The number of phenolic OH excluding ortho intramolecular Hbond substituents is 2. The molecule has 6 unspecified atom stereocenters. The van der Waals surface area contributed by atoms with Crippen molar-refractivity contribution < 1.29 is 54.1 Å². The molecular formula is C29H34ClN3O11. The van der Waals surface area contributed by atoms with E-state index < -0.39 is 89.4 Å². The minimum atomic E-state index is -1.91. The van der Waals surface area contributed by atoms with E-state index in [1.165, 1.54) is 32.2 Å². The lowest BCUT2D eigenvalue weighted by atomic mass is 9.72. The van der Waals surface area contributed by atoms with Crippen LogP contribution in [0.15, 0.2) is 23.3 Å². The van der Waals surface area contributed by atoms with Gasteiger partial charge in [0.15, 0.2) is 12.1 Å². The van der Waals surface area contributed by atoms with Crippen LogP contribution < -0.4 is 15.9 Å². The van der Waals surface area contributed by atoms with E-state index >= 15 is 0 Å². The van der Waals surface area contributed by atoms with Crippen LogP contribution in [0.3, 0.4) is 0 Å². The molecule has 1 amide bonds. The molecule has 6 atom stereocenters. The van der Waals surface area contributed by atoms with Gasteiger partial charge in [-0.15, -0.1) is 12.4 Å². The fourth-order valence-corrected chi connectivity index (χ4v) is 5.95. The van der Waals surface area contributed by atoms with Crippen molar-refractivity contribution in [2.45, 2.75) is 69.4 Å². The number of phenols is 2. The second kappa shape index (κ2) is 12.4. The first-order chi connectivity index (χ1) is 20.3. The van der Waals surface area contributed by atoms with Gasteiger partial charge in [-0.1, -0.05) is 12.1 Å². The van der Waals surface area contributed by atoms with Crippen LogP contribution in [-0.4, -0.2) is 92.6 Å². The van der Waals surface area contributed by atoms with Crippen LogP contribution in [0.4, 0.5) is 0 Å². The molecule has 2 aromatic carbocycles. The number of ether oxygens (including phenoxy) is 3. The van der Waals surface area contributed by atoms with E-state index in [0.717, 1.165) is 0 Å². The molecule has 1 saturated heterocycles. The molecule has 44 heavy (non-hydrogen) atoms. The molecule has 3 aliphatic rings. The summed E-state index contributed by atoms with van der Waals surface area (Å²) >= 11 is 0. The first-order valence-electron chi connectivity index (χ1n) is 13.6. The third kappa shape index (κ3) is 5.43. The molecule has 1 aliphatic heterocycles. The number of ketones is 2. The Morgan fingerprint density at radius 1 is 1.18 bits per heavy atom. The standard InChI is InChI=1S/C29H33N3O11.ClH/c1-11-24(35)15(30)7-19(42-11)43-17-9-29(40,12(2)31-32-18(34)10-33)8-14-21(17)28(39)23-22(26(14)37)25(36)13-5-4-6-16(41-3)20(13)27(23)38;/h4-6,11,15,17,19,24,33,35,37,39-40H,7-10,30H2,1-3H3,(H,32,34);1H. The highest BCUT2D eigenvalue weighted by atomic mass is 35.5. The fourth-order valence-electron chi connectivity index (χ4n) is 5.95. The third-order valence-corrected chi connectivity index (χ3v) is 8.31. The SMILES string of the molecule is COc1cccc2c1C(=O)c1c(O)c3c(c(O)c1C2=O)CC(O)(C(C)=NNC(=O)CO)CC3OC1CC(N)C(O)C(C)O1.Cl. The van der Waals surface area contributed by atoms with E-state index in [4.69, 9.17) is 25.1 Å². The van der Waals surface area contributed by atoms with Crippen LogP contribution in [0, 0.1) is 0 Å². The van der Waals surface area contributed by atoms with Gasteiger partial charge in [-0.25, -0.2) is 5.43 Å². The third-order valence-electron chi connectivity index (χ3n) is 8.31. The topological polar surface area (TPSA) is 230 Å². The van der Waals surface area contributed by atoms with Gasteiger partial charge >= 0.3 is 0 Å². The summed E-state index contributed by atoms with van der Waals surface area (Å²) in [5, 5.41) is 58.1. The molecule has 2 aliphatic carbocycles. The lowest BCUT2D eigenvalue weighted by molar-refractivity contribution is -0.245. The second-order valence-corrected chi connectivity index (χ2v) is 11.0. The minimum Gasteiger partial charge on any atom is -0.507 e. The number of carbonyl (C=O) groups is 3. The van der Waals surface area contributed by atoms with Gasteiger partial charge in [0.05, 0.1) is 47.8 Å². The Hall–Kier alpha value is -3.63. The molecule has 2 aromatic rings. The van der Waals surface area contributed by atoms with E-state index in [0.29, 0.717) is 0 Å². The predicted molar refractivity (Wildman–Crippen MR) is 155 cm³/mol. The van der Waals surface area contributed by atoms with Gasteiger partial charge in [0.1, 0.15) is 29.5 Å². The van der Waals surface area contributed by atoms with Gasteiger partial charge in [0.25, 0.3) is 5.91 Å². The smallest absolute Gasteiger partial charge is 0.265 e. The first kappa shape index (κ1) is 33.3. The van der Waals surface area contributed by atoms with E-state index in [9.17, 15) is 34.8 Å². The van der Waals surface area contributed by atoms with Crippen LogP contribution in [0.5, 0.6) is 17.2 Å². The zero-order valence-electron chi connectivity index (χ0n) is 24.1. The number of hydrogen-bond donors (Lipinski definition) is 7. The molecule has 1 fully saturated rings. The normalized spacial score (nSPS) is 27.9. The summed E-state index contributed by atoms with van der Waals surface area (Å²) in [5.41, 5.74) is 5.10. The predicted octanol–water partition coefficient (Wildman–Crippen LogP) is 0.346. The fraction of sp³-hybridized carbons (Fsp3) is 0.448. The lowest BCUT2D eigenvalue weighted by Gasteiger charge is -2.42. The zero-order valence-corrected chi connectivity index (χ0v) is 24.9. The van der Waals surface area contributed by atoms with Crippen molar-refractivity contribution in [3.8, 4) is 17.2 Å². The summed E-state index contributed by atoms with van der Waals surface area (Å²) in [6, 6.07) is 3.69. The van der Waals surface area contributed by atoms with E-state index in [2.05, 4.69) is 10.5 Å². The first-order valence-corrected chi connectivity index (χ1v) is 13.6. The molecule has 8 N–H and O–H groups in total. The van der Waals surface area contributed by atoms with Crippen molar-refractivity contribution in [2.24, 2.45) is 10.8 Å². The van der Waals surface area contributed by atoms with Gasteiger partial charge < -0.3 is 45.5 Å². The Bertz CT molecular complexity index is 1540. The number of rotatable bonds is 6. The average molecular weight is 636 g/mol. The van der Waals surface area contributed by atoms with Gasteiger partial charge in [-0.05, 0) is 19.9 Å². The van der Waals surface area contributed by atoms with E-state index in [-0.39, 0.29) is 59.0 Å².